The highest BCUT2D eigenvalue weighted by Gasteiger charge is 2.44. The number of amides is 6. The zero-order chi connectivity index (χ0) is 91.7. The van der Waals surface area contributed by atoms with Crippen molar-refractivity contribution in [3.05, 3.63) is 143 Å². The Morgan fingerprint density at radius 1 is 0.492 bits per heavy atom. The van der Waals surface area contributed by atoms with E-state index in [9.17, 15) is 69.1 Å². The minimum absolute atomic E-state index is 0.0675. The number of hydrogen-bond donors (Lipinski definition) is 7. The number of unbranched alkanes of at least 4 members (excludes halogenated alkanes) is 5. The molecule has 4 fully saturated rings. The fourth-order valence-corrected chi connectivity index (χ4v) is 16.9. The second-order valence-electron chi connectivity index (χ2n) is 30.3. The predicted octanol–water partition coefficient (Wildman–Crippen LogP) is 10.3. The lowest BCUT2D eigenvalue weighted by atomic mass is 10.0. The molecule has 4 aliphatic rings. The van der Waals surface area contributed by atoms with Crippen LogP contribution in [0, 0.1) is 23.3 Å². The van der Waals surface area contributed by atoms with Crippen LogP contribution in [0.2, 0.25) is 0 Å². The normalized spacial score (nSPS) is 17.1. The predicted molar refractivity (Wildman–Crippen MR) is 459 cm³/mol. The molecule has 6 aromatic rings. The number of aldehydes is 1. The average molecular weight is 1850 g/mol. The van der Waals surface area contributed by atoms with Crippen molar-refractivity contribution in [2.45, 2.75) is 195 Å². The highest BCUT2D eigenvalue weighted by Crippen LogP contribution is 2.35. The van der Waals surface area contributed by atoms with Crippen molar-refractivity contribution in [2.75, 3.05) is 124 Å². The number of alkyl halides is 3. The van der Waals surface area contributed by atoms with E-state index in [1.54, 1.807) is 60.9 Å². The molecule has 4 aromatic carbocycles. The van der Waals surface area contributed by atoms with E-state index in [2.05, 4.69) is 52.5 Å². The van der Waals surface area contributed by atoms with Gasteiger partial charge in [-0.05, 0) is 131 Å². The Hall–Kier alpha value is -9.56. The zero-order valence-corrected chi connectivity index (χ0v) is 73.3. The summed E-state index contributed by atoms with van der Waals surface area (Å²) in [6.07, 6.45) is 11.2. The number of fused-ring (bicyclic) bond motifs is 2. The molecule has 10 rings (SSSR count). The van der Waals surface area contributed by atoms with Gasteiger partial charge in [0.2, 0.25) is 6.29 Å². The molecule has 4 aliphatic heterocycles. The summed E-state index contributed by atoms with van der Waals surface area (Å²) in [5.74, 6) is -4.63. The van der Waals surface area contributed by atoms with Crippen LogP contribution >= 0.6 is 23.5 Å². The number of nitrogens with one attached hydrogen (secondary N) is 6. The van der Waals surface area contributed by atoms with Gasteiger partial charge in [0.1, 0.15) is 36.2 Å². The van der Waals surface area contributed by atoms with Crippen LogP contribution < -0.4 is 47.1 Å². The Balaban J connectivity index is 0.000000297. The molecule has 0 unspecified atom stereocenters. The molecule has 4 saturated heterocycles. The van der Waals surface area contributed by atoms with Crippen molar-refractivity contribution in [1.82, 2.24) is 61.9 Å². The van der Waals surface area contributed by atoms with E-state index in [1.165, 1.54) is 21.5 Å². The molecule has 8 atom stereocenters. The summed E-state index contributed by atoms with van der Waals surface area (Å²) in [7, 11) is 0. The molecule has 0 aliphatic carbocycles. The summed E-state index contributed by atoms with van der Waals surface area (Å²) in [5, 5.41) is 34.9. The Kier molecular flexibility index (Phi) is 47.2. The number of aromatic nitrogens is 6. The molecule has 0 spiro atoms. The number of urea groups is 2. The highest BCUT2D eigenvalue weighted by molar-refractivity contribution is 8.00. The first-order chi connectivity index (χ1) is 62.0. The van der Waals surface area contributed by atoms with E-state index in [0.29, 0.717) is 197 Å². The molecule has 32 nitrogen and oxygen atoms in total. The van der Waals surface area contributed by atoms with E-state index in [1.807, 2.05) is 30.4 Å². The maximum Gasteiger partial charge on any atom is 0.446 e. The molecule has 2 aromatic heterocycles. The first-order valence-corrected chi connectivity index (χ1v) is 45.2. The van der Waals surface area contributed by atoms with Crippen molar-refractivity contribution in [2.24, 2.45) is 5.73 Å². The fourth-order valence-electron chi connectivity index (χ4n) is 13.8. The van der Waals surface area contributed by atoms with Gasteiger partial charge in [-0.1, -0.05) is 73.7 Å². The number of nitrogens with two attached hydrogens (primary N) is 1. The van der Waals surface area contributed by atoms with Gasteiger partial charge in [0, 0.05) is 72.0 Å². The lowest BCUT2D eigenvalue weighted by molar-refractivity contribution is -0.156. The minimum Gasteiger partial charge on any atom is -0.480 e. The van der Waals surface area contributed by atoms with E-state index < -0.39 is 95.9 Å². The van der Waals surface area contributed by atoms with Gasteiger partial charge in [-0.3, -0.25) is 33.6 Å². The van der Waals surface area contributed by atoms with Crippen LogP contribution in [-0.4, -0.2) is 260 Å². The molecule has 0 bridgehead atoms. The smallest absolute Gasteiger partial charge is 0.446 e. The van der Waals surface area contributed by atoms with Crippen LogP contribution in [-0.2, 0) is 75.1 Å². The van der Waals surface area contributed by atoms with E-state index in [0.717, 1.165) is 87.1 Å². The Labute approximate surface area is 746 Å². The topological polar surface area (TPSA) is 406 Å². The number of carbonyl (C=O) groups is 9. The molecule has 6 amide bonds. The summed E-state index contributed by atoms with van der Waals surface area (Å²) >= 11 is 3.80. The van der Waals surface area contributed by atoms with Crippen molar-refractivity contribution in [1.29, 1.82) is 0 Å². The number of rotatable bonds is 62. The number of thioether (sulfide) groups is 2. The van der Waals surface area contributed by atoms with Crippen LogP contribution in [0.1, 0.15) is 161 Å². The van der Waals surface area contributed by atoms with E-state index in [4.69, 9.17) is 57.9 Å². The van der Waals surface area contributed by atoms with Crippen molar-refractivity contribution in [3.63, 3.8) is 0 Å². The largest absolute Gasteiger partial charge is 0.480 e. The number of nitrogens with zero attached hydrogens (tertiary/aromatic N) is 6. The van der Waals surface area contributed by atoms with Crippen molar-refractivity contribution in [3.8, 4) is 22.9 Å². The van der Waals surface area contributed by atoms with E-state index in [-0.39, 0.29) is 78.6 Å². The first-order valence-electron chi connectivity index (χ1n) is 43.1. The SMILES string of the molecule is CCCCC[C@H](NC(=O)c1cccc(-n2cc(COCCOCCOCCOCCCC(=O)CCCC[C@@H]3SC[C@@H]4NC(=O)N[C@@H]43)nn2)c1)C(=O)COc1c(F)cccc1F.NCCCC[C@H](NC(=O)c1cccc(-n2cc(COCCOCCOCCOCCCC(=O)CCCC[C@@H]3SC[C@@H]4NC(=O)N[C@@H]43)nn2)c1)C(=O)COc1c(F)cccc1F.O=CC(F)(F)F. The molecule has 8 N–H and O–H groups in total. The lowest BCUT2D eigenvalue weighted by Gasteiger charge is -2.18. The number of ketones is 4. The first kappa shape index (κ1) is 104. The third kappa shape index (κ3) is 38.2. The number of para-hydroxylation sites is 2. The zero-order valence-electron chi connectivity index (χ0n) is 71.7. The van der Waals surface area contributed by atoms with Gasteiger partial charge in [0.05, 0.1) is 153 Å². The van der Waals surface area contributed by atoms with Gasteiger partial charge in [-0.2, -0.15) is 36.7 Å². The summed E-state index contributed by atoms with van der Waals surface area (Å²) in [6, 6.07) is 18.7. The molecule has 0 saturated carbocycles. The fraction of sp³-hybridized carbons (Fsp3) is 0.575. The maximum absolute atomic E-state index is 14.0. The average Bonchev–Trinajstić information content (AvgIpc) is 1.67. The standard InChI is InChI=1S/C43H58F2N6O9S.C42H57F2N7O9S.C2HF3O/c1-2-3-4-16-36(38(53)28-60-41-34(44)14-8-15-35(41)45)46-42(54)30-10-7-11-32(25-30)51-26-31(49-50-51)27-59-24-23-58-22-21-57-20-19-56-18-9-13-33(52)12-5-6-17-39-40-37(29-61-39)47-43(55)48-40;43-33-12-6-13-34(44)40(33)60-27-37(53)35(14-3-4-16-45)46-41(54)29-8-5-9-31(24-29)51-25-30(49-50-51)26-59-23-22-58-21-20-57-19-18-56-17-7-11-32(52)10-1-2-15-38-39-36(28-61-38)47-42(55)48-39;3-2(4,5)1-6/h7-8,10-11,14-15,25-26,36-37,39-40H,2-6,9,12-13,16-24,27-29H2,1H3,(H,46,54)(H2,47,48,55);5-6,8-9,12-13,24-25,35-36,38-39H,1-4,7,10-11,14-23,26-28,45H2,(H,46,54)(H2,47,48,55);1H/t36-,37-,39-,40-;35-,36-,38-,39-;/m00./s1. The van der Waals surface area contributed by atoms with Gasteiger partial charge in [0.25, 0.3) is 11.8 Å². The van der Waals surface area contributed by atoms with Crippen LogP contribution in [0.3, 0.4) is 0 Å². The molecule has 0 radical (unpaired) electrons. The minimum atomic E-state index is -4.64. The lowest BCUT2D eigenvalue weighted by Crippen LogP contribution is -2.43. The Bertz CT molecular complexity index is 4110. The van der Waals surface area contributed by atoms with Crippen LogP contribution in [0.25, 0.3) is 11.4 Å². The molecular weight excluding hydrogens is 1730 g/mol. The third-order valence-corrected chi connectivity index (χ3v) is 23.5. The van der Waals surface area contributed by atoms with Crippen LogP contribution in [0.5, 0.6) is 11.5 Å². The van der Waals surface area contributed by atoms with Crippen LogP contribution in [0.15, 0.2) is 97.3 Å². The van der Waals surface area contributed by atoms with Gasteiger partial charge in [-0.15, -0.1) is 10.2 Å². The van der Waals surface area contributed by atoms with E-state index >= 15 is 0 Å². The number of benzene rings is 4. The van der Waals surface area contributed by atoms with Gasteiger partial charge >= 0.3 is 18.2 Å². The second kappa shape index (κ2) is 58.2. The van der Waals surface area contributed by atoms with Gasteiger partial charge < -0.3 is 85.0 Å². The number of halogens is 7. The number of Topliss-reactive ketones (excluding diaryl/α,β-unsaturated/α-hetero) is 4. The summed E-state index contributed by atoms with van der Waals surface area (Å²) in [4.78, 5) is 109. The third-order valence-electron chi connectivity index (χ3n) is 20.4. The number of ether oxygens (including phenoxy) is 10. The Morgan fingerprint density at radius 3 is 1.23 bits per heavy atom. The second-order valence-corrected chi connectivity index (χ2v) is 32.9. The maximum atomic E-state index is 14.0. The quantitative estimate of drug-likeness (QED) is 0.00807. The van der Waals surface area contributed by atoms with Crippen LogP contribution in [0.4, 0.5) is 40.3 Å². The number of carbonyl (C=O) groups excluding carboxylic acids is 9. The van der Waals surface area contributed by atoms with Crippen molar-refractivity contribution >= 4 is 76.8 Å². The number of hydrogen-bond acceptors (Lipinski definition) is 26. The summed E-state index contributed by atoms with van der Waals surface area (Å²) < 4.78 is 145. The monoisotopic (exact) mass is 1840 g/mol. The molecule has 41 heteroatoms. The van der Waals surface area contributed by atoms with Gasteiger partial charge in [0.15, 0.2) is 46.3 Å². The highest BCUT2D eigenvalue weighted by atomic mass is 32.2. The molecule has 128 heavy (non-hydrogen) atoms. The summed E-state index contributed by atoms with van der Waals surface area (Å²) in [6.45, 7) is 7.36. The summed E-state index contributed by atoms with van der Waals surface area (Å²) in [5.41, 5.74) is 8.41. The Morgan fingerprint density at radius 2 is 0.852 bits per heavy atom. The van der Waals surface area contributed by atoms with Gasteiger partial charge in [-0.25, -0.2) is 36.5 Å². The molecular formula is C87H116F7N13O19S2. The van der Waals surface area contributed by atoms with Crippen molar-refractivity contribution < 1.29 is 121 Å². The molecule has 6 heterocycles. The molecule has 704 valence electrons.